The molecule has 3 heterocycles. The quantitative estimate of drug-likeness (QED) is 0.774. The van der Waals surface area contributed by atoms with E-state index in [1.54, 1.807) is 41.7 Å². The number of ketones is 1. The molecule has 25 heavy (non-hydrogen) atoms. The maximum absolute atomic E-state index is 12.9. The van der Waals surface area contributed by atoms with Crippen LogP contribution in [-0.2, 0) is 9.59 Å². The molecule has 1 saturated heterocycles. The van der Waals surface area contributed by atoms with Gasteiger partial charge >= 0.3 is 0 Å². The number of thiophene rings is 2. The number of rotatable bonds is 4. The molecule has 130 valence electrons. The van der Waals surface area contributed by atoms with E-state index in [-0.39, 0.29) is 11.7 Å². The number of hydrogen-bond acceptors (Lipinski definition) is 5. The maximum atomic E-state index is 12.9. The van der Waals surface area contributed by atoms with Crippen molar-refractivity contribution >= 4 is 46.5 Å². The van der Waals surface area contributed by atoms with Gasteiger partial charge in [0.1, 0.15) is 0 Å². The normalized spacial score (nSPS) is 18.9. The highest BCUT2D eigenvalue weighted by molar-refractivity contribution is 7.11. The van der Waals surface area contributed by atoms with Crippen LogP contribution in [-0.4, -0.2) is 55.2 Å². The molecule has 1 aliphatic heterocycles. The fourth-order valence-electron chi connectivity index (χ4n) is 2.64. The fraction of sp³-hybridized carbons (Fsp3) is 0.263. The number of carbonyl (C=O) groups excluding carboxylic acids is 2. The summed E-state index contributed by atoms with van der Waals surface area (Å²) in [4.78, 5) is 30.7. The van der Waals surface area contributed by atoms with Crippen molar-refractivity contribution in [3.05, 3.63) is 55.9 Å². The molecule has 0 bridgehead atoms. The largest absolute Gasteiger partial charge is 0.348 e. The molecule has 0 spiro atoms. The number of carbonyl (C=O) groups is 2. The molecule has 0 aromatic carbocycles. The van der Waals surface area contributed by atoms with Crippen LogP contribution in [0.5, 0.6) is 0 Å². The van der Waals surface area contributed by atoms with Gasteiger partial charge in [0.15, 0.2) is 5.78 Å². The minimum absolute atomic E-state index is 0.0419. The molecular weight excluding hydrogens is 352 g/mol. The van der Waals surface area contributed by atoms with E-state index in [4.69, 9.17) is 0 Å². The van der Waals surface area contributed by atoms with Gasteiger partial charge in [0.2, 0.25) is 5.91 Å². The van der Waals surface area contributed by atoms with Gasteiger partial charge in [-0.15, -0.1) is 22.7 Å². The Balaban J connectivity index is 1.89. The van der Waals surface area contributed by atoms with Crippen molar-refractivity contribution < 1.29 is 9.59 Å². The Morgan fingerprint density at radius 3 is 2.00 bits per heavy atom. The fourth-order valence-corrected chi connectivity index (χ4v) is 4.01. The molecule has 2 aromatic heterocycles. The highest BCUT2D eigenvalue weighted by Gasteiger charge is 2.27. The van der Waals surface area contributed by atoms with Crippen LogP contribution < -0.4 is 0 Å². The third kappa shape index (κ3) is 4.54. The van der Waals surface area contributed by atoms with Crippen LogP contribution in [0.2, 0.25) is 0 Å². The van der Waals surface area contributed by atoms with Crippen molar-refractivity contribution in [2.45, 2.75) is 0 Å². The predicted octanol–water partition coefficient (Wildman–Crippen LogP) is 3.25. The lowest BCUT2D eigenvalue weighted by molar-refractivity contribution is -0.130. The molecule has 1 amide bonds. The Kier molecular flexibility index (Phi) is 5.63. The number of piperidine rings is 1. The molecular formula is C19H20N2O2S2. The zero-order valence-electron chi connectivity index (χ0n) is 14.3. The zero-order valence-corrected chi connectivity index (χ0v) is 15.9. The van der Waals surface area contributed by atoms with Gasteiger partial charge in [-0.1, -0.05) is 12.1 Å². The van der Waals surface area contributed by atoms with Gasteiger partial charge in [-0.05, 0) is 35.0 Å². The van der Waals surface area contributed by atoms with Crippen molar-refractivity contribution in [2.24, 2.45) is 0 Å². The molecule has 6 heteroatoms. The topological polar surface area (TPSA) is 40.6 Å². The van der Waals surface area contributed by atoms with Gasteiger partial charge in [-0.25, -0.2) is 0 Å². The van der Waals surface area contributed by atoms with Crippen LogP contribution in [0.3, 0.4) is 0 Å². The minimum Gasteiger partial charge on any atom is -0.348 e. The van der Waals surface area contributed by atoms with E-state index >= 15 is 0 Å². The Bertz CT molecular complexity index is 746. The molecule has 1 fully saturated rings. The van der Waals surface area contributed by atoms with Gasteiger partial charge in [-0.3, -0.25) is 14.5 Å². The third-order valence-corrected chi connectivity index (χ3v) is 5.59. The summed E-state index contributed by atoms with van der Waals surface area (Å²) < 4.78 is 0. The van der Waals surface area contributed by atoms with E-state index in [1.807, 2.05) is 52.1 Å². The number of amides is 1. The van der Waals surface area contributed by atoms with Gasteiger partial charge in [0.25, 0.3) is 0 Å². The summed E-state index contributed by atoms with van der Waals surface area (Å²) in [5.41, 5.74) is 1.48. The summed E-state index contributed by atoms with van der Waals surface area (Å²) >= 11 is 3.21. The van der Waals surface area contributed by atoms with Crippen molar-refractivity contribution in [3.63, 3.8) is 0 Å². The summed E-state index contributed by atoms with van der Waals surface area (Å²) in [6.45, 7) is 1.31. The first kappa shape index (κ1) is 17.8. The van der Waals surface area contributed by atoms with E-state index in [0.717, 1.165) is 20.9 Å². The second kappa shape index (κ2) is 7.91. The number of nitrogens with zero attached hydrogens (tertiary/aromatic N) is 2. The van der Waals surface area contributed by atoms with Gasteiger partial charge in [-0.2, -0.15) is 0 Å². The average Bonchev–Trinajstić information content (AvgIpc) is 3.25. The van der Waals surface area contributed by atoms with Crippen LogP contribution in [0.15, 0.2) is 46.2 Å². The molecule has 0 unspecified atom stereocenters. The molecule has 0 N–H and O–H groups in total. The molecule has 0 aliphatic carbocycles. The second-order valence-electron chi connectivity index (χ2n) is 6.13. The summed E-state index contributed by atoms with van der Waals surface area (Å²) in [7, 11) is 3.50. The minimum atomic E-state index is 0.0419. The first-order chi connectivity index (χ1) is 12.0. The van der Waals surface area contributed by atoms with Crippen molar-refractivity contribution in [1.29, 1.82) is 0 Å². The predicted molar refractivity (Wildman–Crippen MR) is 105 cm³/mol. The Labute approximate surface area is 155 Å². The Hall–Kier alpha value is -2.02. The first-order valence-corrected chi connectivity index (χ1v) is 9.74. The molecule has 0 atom stereocenters. The Morgan fingerprint density at radius 2 is 1.60 bits per heavy atom. The molecule has 1 aliphatic rings. The summed E-state index contributed by atoms with van der Waals surface area (Å²) in [6.07, 6.45) is 3.89. The van der Waals surface area contributed by atoms with Gasteiger partial charge in [0.05, 0.1) is 6.54 Å². The monoisotopic (exact) mass is 372 g/mol. The standard InChI is InChI=1S/C19H20N2O2S2/c1-20(2)18(22)13-21-11-14(9-16-5-3-7-24-16)19(23)15(12-21)10-17-6-4-8-25-17/h3-10H,11-13H2,1-2H3/b14-9-,15-10+. The number of hydrogen-bond donors (Lipinski definition) is 0. The van der Waals surface area contributed by atoms with Crippen LogP contribution in [0.1, 0.15) is 9.75 Å². The van der Waals surface area contributed by atoms with Crippen molar-refractivity contribution in [3.8, 4) is 0 Å². The SMILES string of the molecule is CN(C)C(=O)CN1C/C(=C/c2cccs2)C(=O)/C(=C/c2cccs2)C1. The maximum Gasteiger partial charge on any atom is 0.236 e. The number of likely N-dealkylation sites (tertiary alicyclic amines) is 1. The highest BCUT2D eigenvalue weighted by Crippen LogP contribution is 2.24. The van der Waals surface area contributed by atoms with E-state index < -0.39 is 0 Å². The first-order valence-electron chi connectivity index (χ1n) is 7.98. The summed E-state index contributed by atoms with van der Waals surface area (Å²) in [5.74, 6) is 0.121. The number of likely N-dealkylation sites (N-methyl/N-ethyl adjacent to an activating group) is 1. The summed E-state index contributed by atoms with van der Waals surface area (Å²) in [6, 6.07) is 7.94. The van der Waals surface area contributed by atoms with E-state index in [9.17, 15) is 9.59 Å². The lowest BCUT2D eigenvalue weighted by atomic mass is 9.96. The molecule has 2 aromatic rings. The number of Topliss-reactive ketones (excluding diaryl/α,β-unsaturated/α-hetero) is 1. The lowest BCUT2D eigenvalue weighted by Crippen LogP contribution is -2.43. The molecule has 0 radical (unpaired) electrons. The molecule has 3 rings (SSSR count). The smallest absolute Gasteiger partial charge is 0.236 e. The van der Waals surface area contributed by atoms with Crippen molar-refractivity contribution in [1.82, 2.24) is 9.80 Å². The zero-order chi connectivity index (χ0) is 17.8. The van der Waals surface area contributed by atoms with Crippen molar-refractivity contribution in [2.75, 3.05) is 33.7 Å². The van der Waals surface area contributed by atoms with Crippen LogP contribution >= 0.6 is 22.7 Å². The van der Waals surface area contributed by atoms with Crippen LogP contribution in [0, 0.1) is 0 Å². The van der Waals surface area contributed by atoms with Crippen LogP contribution in [0.4, 0.5) is 0 Å². The Morgan fingerprint density at radius 1 is 1.08 bits per heavy atom. The molecule has 0 saturated carbocycles. The van der Waals surface area contributed by atoms with E-state index in [0.29, 0.717) is 19.6 Å². The van der Waals surface area contributed by atoms with E-state index in [2.05, 4.69) is 0 Å². The van der Waals surface area contributed by atoms with Crippen LogP contribution in [0.25, 0.3) is 12.2 Å². The van der Waals surface area contributed by atoms with Gasteiger partial charge in [0, 0.05) is 48.1 Å². The molecule has 4 nitrogen and oxygen atoms in total. The summed E-state index contributed by atoms with van der Waals surface area (Å²) in [5, 5.41) is 3.99. The lowest BCUT2D eigenvalue weighted by Gasteiger charge is -2.30. The second-order valence-corrected chi connectivity index (χ2v) is 8.09. The van der Waals surface area contributed by atoms with Gasteiger partial charge < -0.3 is 4.90 Å². The third-order valence-electron chi connectivity index (χ3n) is 3.95. The highest BCUT2D eigenvalue weighted by atomic mass is 32.1. The van der Waals surface area contributed by atoms with E-state index in [1.165, 1.54) is 0 Å². The average molecular weight is 373 g/mol.